The maximum Gasteiger partial charge on any atom is 0.193 e. The van der Waals surface area contributed by atoms with Crippen molar-refractivity contribution >= 4 is 28.5 Å². The molecule has 6 nitrogen and oxygen atoms in total. The van der Waals surface area contributed by atoms with Crippen molar-refractivity contribution in [3.8, 4) is 0 Å². The van der Waals surface area contributed by atoms with Crippen molar-refractivity contribution < 1.29 is 0 Å². The van der Waals surface area contributed by atoms with E-state index in [9.17, 15) is 0 Å². The number of hydrogen-bond acceptors (Lipinski definition) is 5. The molecule has 1 aromatic carbocycles. The Morgan fingerprint density at radius 2 is 1.87 bits per heavy atom. The van der Waals surface area contributed by atoms with Crippen molar-refractivity contribution in [2.75, 3.05) is 64.3 Å². The van der Waals surface area contributed by atoms with Crippen LogP contribution in [-0.2, 0) is 6.42 Å². The summed E-state index contributed by atoms with van der Waals surface area (Å²) in [4.78, 5) is 16.6. The summed E-state index contributed by atoms with van der Waals surface area (Å²) in [5.41, 5.74) is 2.45. The van der Waals surface area contributed by atoms with E-state index in [1.165, 1.54) is 29.2 Å². The number of guanidine groups is 1. The van der Waals surface area contributed by atoms with E-state index >= 15 is 0 Å². The first kappa shape index (κ1) is 21.8. The SMILES string of the molecule is CN=C(NCCc1csc(N2CCCC2)n1)N1CCN(C/C=C/c2ccccc2)CC1. The number of thiazole rings is 1. The molecule has 2 saturated heterocycles. The molecular weight excluding hydrogens is 404 g/mol. The van der Waals surface area contributed by atoms with E-state index in [1.807, 2.05) is 7.05 Å². The summed E-state index contributed by atoms with van der Waals surface area (Å²) in [6.07, 6.45) is 8.00. The molecule has 166 valence electrons. The van der Waals surface area contributed by atoms with Crippen LogP contribution >= 0.6 is 11.3 Å². The van der Waals surface area contributed by atoms with Gasteiger partial charge in [-0.2, -0.15) is 0 Å². The molecule has 0 radical (unpaired) electrons. The lowest BCUT2D eigenvalue weighted by atomic mass is 10.2. The van der Waals surface area contributed by atoms with Gasteiger partial charge in [0.1, 0.15) is 0 Å². The first-order chi connectivity index (χ1) is 15.3. The van der Waals surface area contributed by atoms with E-state index < -0.39 is 0 Å². The highest BCUT2D eigenvalue weighted by Gasteiger charge is 2.19. The lowest BCUT2D eigenvalue weighted by Gasteiger charge is -2.36. The van der Waals surface area contributed by atoms with Crippen molar-refractivity contribution in [2.24, 2.45) is 4.99 Å². The van der Waals surface area contributed by atoms with Crippen LogP contribution < -0.4 is 10.2 Å². The summed E-state index contributed by atoms with van der Waals surface area (Å²) in [5.74, 6) is 1.01. The van der Waals surface area contributed by atoms with Crippen molar-refractivity contribution in [1.82, 2.24) is 20.1 Å². The smallest absolute Gasteiger partial charge is 0.193 e. The average molecular weight is 439 g/mol. The predicted molar refractivity (Wildman–Crippen MR) is 132 cm³/mol. The second-order valence-corrected chi connectivity index (χ2v) is 8.98. The lowest BCUT2D eigenvalue weighted by molar-refractivity contribution is 0.194. The monoisotopic (exact) mass is 438 g/mol. The molecule has 1 N–H and O–H groups in total. The van der Waals surface area contributed by atoms with E-state index in [-0.39, 0.29) is 0 Å². The number of anilines is 1. The first-order valence-electron chi connectivity index (χ1n) is 11.4. The Balaban J connectivity index is 1.17. The Labute approximate surface area is 190 Å². The summed E-state index contributed by atoms with van der Waals surface area (Å²) >= 11 is 1.78. The molecule has 7 heteroatoms. The van der Waals surface area contributed by atoms with Crippen LogP contribution in [0.2, 0.25) is 0 Å². The standard InChI is InChI=1S/C24H34N6S/c1-25-23(26-12-11-22-20-31-24(27-22)30-14-5-6-15-30)29-18-16-28(17-19-29)13-7-10-21-8-3-2-4-9-21/h2-4,7-10,20H,5-6,11-19H2,1H3,(H,25,26)/b10-7+. The normalized spacial score (nSPS) is 18.3. The number of nitrogens with zero attached hydrogens (tertiary/aromatic N) is 5. The van der Waals surface area contributed by atoms with E-state index in [0.29, 0.717) is 0 Å². The largest absolute Gasteiger partial charge is 0.356 e. The summed E-state index contributed by atoms with van der Waals surface area (Å²) < 4.78 is 0. The molecule has 0 unspecified atom stereocenters. The minimum atomic E-state index is 0.871. The van der Waals surface area contributed by atoms with Crippen molar-refractivity contribution in [3.05, 3.63) is 53.0 Å². The van der Waals surface area contributed by atoms with Crippen LogP contribution in [0.1, 0.15) is 24.1 Å². The Kier molecular flexibility index (Phi) is 7.96. The maximum absolute atomic E-state index is 4.83. The fourth-order valence-corrected chi connectivity index (χ4v) is 5.06. The van der Waals surface area contributed by atoms with E-state index in [1.54, 1.807) is 11.3 Å². The van der Waals surface area contributed by atoms with Crippen LogP contribution in [0.4, 0.5) is 5.13 Å². The molecule has 0 spiro atoms. The highest BCUT2D eigenvalue weighted by Crippen LogP contribution is 2.24. The summed E-state index contributed by atoms with van der Waals surface area (Å²) in [7, 11) is 1.88. The fourth-order valence-electron chi connectivity index (χ4n) is 4.14. The average Bonchev–Trinajstić information content (AvgIpc) is 3.50. The molecule has 0 atom stereocenters. The topological polar surface area (TPSA) is 47.0 Å². The number of hydrogen-bond donors (Lipinski definition) is 1. The van der Waals surface area contributed by atoms with Gasteiger partial charge in [-0.1, -0.05) is 42.5 Å². The van der Waals surface area contributed by atoms with Crippen LogP contribution in [0.5, 0.6) is 0 Å². The molecule has 2 aromatic rings. The van der Waals surface area contributed by atoms with Gasteiger partial charge < -0.3 is 15.1 Å². The van der Waals surface area contributed by atoms with Crippen LogP contribution in [0.15, 0.2) is 46.8 Å². The van der Waals surface area contributed by atoms with Gasteiger partial charge in [0, 0.05) is 71.2 Å². The van der Waals surface area contributed by atoms with Gasteiger partial charge >= 0.3 is 0 Å². The third-order valence-electron chi connectivity index (χ3n) is 5.94. The van der Waals surface area contributed by atoms with Gasteiger partial charge in [-0.25, -0.2) is 4.98 Å². The molecule has 3 heterocycles. The molecule has 2 aliphatic rings. The molecule has 0 aliphatic carbocycles. The molecule has 4 rings (SSSR count). The quantitative estimate of drug-likeness (QED) is 0.531. The molecule has 2 aliphatic heterocycles. The van der Waals surface area contributed by atoms with Gasteiger partial charge in [0.05, 0.1) is 5.69 Å². The molecule has 31 heavy (non-hydrogen) atoms. The molecule has 0 bridgehead atoms. The second-order valence-electron chi connectivity index (χ2n) is 8.14. The van der Waals surface area contributed by atoms with Crippen molar-refractivity contribution in [3.63, 3.8) is 0 Å². The number of nitrogens with one attached hydrogen (secondary N) is 1. The summed E-state index contributed by atoms with van der Waals surface area (Å²) in [6.45, 7) is 8.32. The minimum Gasteiger partial charge on any atom is -0.356 e. The Hall–Kier alpha value is -2.38. The van der Waals surface area contributed by atoms with E-state index in [4.69, 9.17) is 4.98 Å². The van der Waals surface area contributed by atoms with Gasteiger partial charge in [-0.05, 0) is 18.4 Å². The van der Waals surface area contributed by atoms with Crippen LogP contribution in [0.25, 0.3) is 6.08 Å². The van der Waals surface area contributed by atoms with E-state index in [0.717, 1.165) is 64.7 Å². The summed E-state index contributed by atoms with van der Waals surface area (Å²) in [6, 6.07) is 10.5. The van der Waals surface area contributed by atoms with Gasteiger partial charge in [0.2, 0.25) is 0 Å². The maximum atomic E-state index is 4.83. The van der Waals surface area contributed by atoms with Gasteiger partial charge in [-0.15, -0.1) is 11.3 Å². The molecule has 2 fully saturated rings. The Bertz CT molecular complexity index is 848. The van der Waals surface area contributed by atoms with Crippen molar-refractivity contribution in [2.45, 2.75) is 19.3 Å². The van der Waals surface area contributed by atoms with Crippen LogP contribution in [0.3, 0.4) is 0 Å². The van der Waals surface area contributed by atoms with Gasteiger partial charge in [0.25, 0.3) is 0 Å². The first-order valence-corrected chi connectivity index (χ1v) is 12.3. The highest BCUT2D eigenvalue weighted by molar-refractivity contribution is 7.13. The Morgan fingerprint density at radius 1 is 1.10 bits per heavy atom. The molecular formula is C24H34N6S. The zero-order chi connectivity index (χ0) is 21.3. The third-order valence-corrected chi connectivity index (χ3v) is 6.89. The zero-order valence-corrected chi connectivity index (χ0v) is 19.4. The van der Waals surface area contributed by atoms with Crippen LogP contribution in [0, 0.1) is 0 Å². The molecule has 1 aromatic heterocycles. The number of aromatic nitrogens is 1. The van der Waals surface area contributed by atoms with Crippen molar-refractivity contribution in [1.29, 1.82) is 0 Å². The lowest BCUT2D eigenvalue weighted by Crippen LogP contribution is -2.52. The Morgan fingerprint density at radius 3 is 2.61 bits per heavy atom. The van der Waals surface area contributed by atoms with Gasteiger partial charge in [-0.3, -0.25) is 9.89 Å². The second kappa shape index (κ2) is 11.3. The molecule has 0 amide bonds. The predicted octanol–water partition coefficient (Wildman–Crippen LogP) is 3.19. The number of rotatable bonds is 7. The number of piperazine rings is 1. The van der Waals surface area contributed by atoms with E-state index in [2.05, 4.69) is 72.9 Å². The highest BCUT2D eigenvalue weighted by atomic mass is 32.1. The fraction of sp³-hybridized carbons (Fsp3) is 0.500. The van der Waals surface area contributed by atoms with Gasteiger partial charge in [0.15, 0.2) is 11.1 Å². The minimum absolute atomic E-state index is 0.871. The number of benzene rings is 1. The van der Waals surface area contributed by atoms with Crippen LogP contribution in [-0.4, -0.2) is 80.1 Å². The number of aliphatic imine (C=N–C) groups is 1. The summed E-state index contributed by atoms with van der Waals surface area (Å²) in [5, 5.41) is 6.94. The molecule has 0 saturated carbocycles. The third kappa shape index (κ3) is 6.31. The zero-order valence-electron chi connectivity index (χ0n) is 18.5.